The van der Waals surface area contributed by atoms with Crippen LogP contribution in [0.3, 0.4) is 0 Å². The Balaban J connectivity index is 2.10. The summed E-state index contributed by atoms with van der Waals surface area (Å²) in [5.41, 5.74) is 0. The Morgan fingerprint density at radius 1 is 0.897 bits per heavy atom. The van der Waals surface area contributed by atoms with Crippen molar-refractivity contribution in [1.82, 2.24) is 0 Å². The highest BCUT2D eigenvalue weighted by Gasteiger charge is 2.41. The number of carbonyl (C=O) groups excluding carboxylic acids is 1. The van der Waals surface area contributed by atoms with Gasteiger partial charge >= 0.3 is 6.11 Å². The molecule has 0 spiro atoms. The minimum Gasteiger partial charge on any atom is -0.423 e. The molecule has 1 rings (SSSR count). The third-order valence-electron chi connectivity index (χ3n) is 4.91. The summed E-state index contributed by atoms with van der Waals surface area (Å²) in [7, 11) is 0. The second-order valence-electron chi connectivity index (χ2n) is 8.06. The fourth-order valence-electron chi connectivity index (χ4n) is 3.16. The van der Waals surface area contributed by atoms with Crippen LogP contribution in [0.4, 0.5) is 17.6 Å². The minimum atomic E-state index is -4.16. The van der Waals surface area contributed by atoms with E-state index in [9.17, 15) is 22.4 Å². The van der Waals surface area contributed by atoms with E-state index in [0.717, 1.165) is 43.4 Å². The molecule has 0 radical (unpaired) electrons. The van der Waals surface area contributed by atoms with E-state index in [1.54, 1.807) is 0 Å². The fraction of sp³-hybridized carbons (Fsp3) is 0.696. The Kier molecular flexibility index (Phi) is 11.9. The van der Waals surface area contributed by atoms with Crippen molar-refractivity contribution in [3.63, 3.8) is 0 Å². The first kappa shape index (κ1) is 25.4. The molecule has 0 unspecified atom stereocenters. The molecule has 6 heteroatoms. The van der Waals surface area contributed by atoms with Crippen LogP contribution in [-0.4, -0.2) is 11.9 Å². The SMILES string of the molecule is CC(C)CCCCCCCCCCCCC(=O)C(F)(F)Oc1cccc(F)c1F. The average molecular weight is 419 g/mol. The molecule has 1 aromatic rings. The summed E-state index contributed by atoms with van der Waals surface area (Å²) in [6.45, 7) is 4.48. The van der Waals surface area contributed by atoms with E-state index in [4.69, 9.17) is 0 Å². The van der Waals surface area contributed by atoms with Crippen molar-refractivity contribution in [3.05, 3.63) is 29.8 Å². The number of hydrogen-bond donors (Lipinski definition) is 0. The van der Waals surface area contributed by atoms with Crippen molar-refractivity contribution in [2.75, 3.05) is 0 Å². The van der Waals surface area contributed by atoms with Gasteiger partial charge in [0.2, 0.25) is 11.6 Å². The summed E-state index contributed by atoms with van der Waals surface area (Å²) in [4.78, 5) is 11.7. The molecular formula is C23H34F4O2. The smallest absolute Gasteiger partial charge is 0.423 e. The lowest BCUT2D eigenvalue weighted by molar-refractivity contribution is -0.191. The highest BCUT2D eigenvalue weighted by atomic mass is 19.3. The summed E-state index contributed by atoms with van der Waals surface area (Å²) < 4.78 is 58.2. The van der Waals surface area contributed by atoms with Gasteiger partial charge in [-0.15, -0.1) is 0 Å². The van der Waals surface area contributed by atoms with Crippen LogP contribution in [0.15, 0.2) is 18.2 Å². The van der Waals surface area contributed by atoms with Gasteiger partial charge in [0.05, 0.1) is 0 Å². The van der Waals surface area contributed by atoms with Crippen molar-refractivity contribution in [3.8, 4) is 5.75 Å². The van der Waals surface area contributed by atoms with Crippen molar-refractivity contribution in [2.24, 2.45) is 5.92 Å². The second kappa shape index (κ2) is 13.6. The summed E-state index contributed by atoms with van der Waals surface area (Å²) in [5.74, 6) is -4.44. The van der Waals surface area contributed by atoms with Crippen LogP contribution in [0.2, 0.25) is 0 Å². The Morgan fingerprint density at radius 2 is 1.41 bits per heavy atom. The first-order chi connectivity index (χ1) is 13.7. The molecule has 0 N–H and O–H groups in total. The Labute approximate surface area is 172 Å². The van der Waals surface area contributed by atoms with E-state index in [1.165, 1.54) is 38.5 Å². The maximum atomic E-state index is 13.8. The normalized spacial score (nSPS) is 11.8. The van der Waals surface area contributed by atoms with Gasteiger partial charge in [0, 0.05) is 6.42 Å². The van der Waals surface area contributed by atoms with Gasteiger partial charge in [0.25, 0.3) is 0 Å². The average Bonchev–Trinajstić information content (AvgIpc) is 2.65. The zero-order valence-electron chi connectivity index (χ0n) is 17.6. The van der Waals surface area contributed by atoms with Gasteiger partial charge in [-0.1, -0.05) is 84.1 Å². The number of benzene rings is 1. The molecule has 0 aliphatic rings. The Morgan fingerprint density at radius 3 is 1.97 bits per heavy atom. The first-order valence-electron chi connectivity index (χ1n) is 10.8. The maximum Gasteiger partial charge on any atom is 0.461 e. The van der Waals surface area contributed by atoms with Gasteiger partial charge in [0.15, 0.2) is 11.6 Å². The molecule has 0 aliphatic heterocycles. The van der Waals surface area contributed by atoms with E-state index < -0.39 is 29.3 Å². The van der Waals surface area contributed by atoms with E-state index in [-0.39, 0.29) is 6.42 Å². The number of Topliss-reactive ketones (excluding diaryl/α,β-unsaturated/α-hetero) is 1. The lowest BCUT2D eigenvalue weighted by Gasteiger charge is -2.17. The maximum absolute atomic E-state index is 13.8. The molecule has 29 heavy (non-hydrogen) atoms. The van der Waals surface area contributed by atoms with Gasteiger partial charge in [0.1, 0.15) is 0 Å². The van der Waals surface area contributed by atoms with E-state index in [1.807, 2.05) is 0 Å². The molecule has 0 heterocycles. The van der Waals surface area contributed by atoms with Crippen LogP contribution < -0.4 is 4.74 Å². The number of halogens is 4. The zero-order chi connectivity index (χ0) is 21.7. The molecule has 0 atom stereocenters. The van der Waals surface area contributed by atoms with Gasteiger partial charge < -0.3 is 4.74 Å². The molecule has 0 saturated heterocycles. The lowest BCUT2D eigenvalue weighted by Crippen LogP contribution is -2.35. The first-order valence-corrected chi connectivity index (χ1v) is 10.8. The predicted molar refractivity (Wildman–Crippen MR) is 107 cm³/mol. The standard InChI is InChI=1S/C23H34F4O2/c1-18(2)14-11-9-7-5-3-4-6-8-10-12-17-21(28)23(26,27)29-20-16-13-15-19(24)22(20)25/h13,15-16,18H,3-12,14,17H2,1-2H3. The van der Waals surface area contributed by atoms with Gasteiger partial charge in [-0.25, -0.2) is 4.39 Å². The summed E-state index contributed by atoms with van der Waals surface area (Å²) in [5, 5.41) is 0. The number of rotatable bonds is 16. The molecule has 0 aliphatic carbocycles. The topological polar surface area (TPSA) is 26.3 Å². The van der Waals surface area contributed by atoms with E-state index >= 15 is 0 Å². The third kappa shape index (κ3) is 10.7. The van der Waals surface area contributed by atoms with Crippen LogP contribution >= 0.6 is 0 Å². The lowest BCUT2D eigenvalue weighted by atomic mass is 10.0. The van der Waals surface area contributed by atoms with Crippen LogP contribution in [0.1, 0.15) is 90.9 Å². The summed E-state index contributed by atoms with van der Waals surface area (Å²) in [6.07, 6.45) is 7.11. The molecule has 0 aromatic heterocycles. The quantitative estimate of drug-likeness (QED) is 0.202. The molecule has 0 amide bonds. The Hall–Kier alpha value is -1.59. The highest BCUT2D eigenvalue weighted by Crippen LogP contribution is 2.28. The Bertz CT molecular complexity index is 603. The largest absolute Gasteiger partial charge is 0.461 e. The minimum absolute atomic E-state index is 0.332. The van der Waals surface area contributed by atoms with Crippen molar-refractivity contribution >= 4 is 5.78 Å². The number of carbonyl (C=O) groups is 1. The number of hydrogen-bond acceptors (Lipinski definition) is 2. The van der Waals surface area contributed by atoms with Gasteiger partial charge in [-0.3, -0.25) is 4.79 Å². The van der Waals surface area contributed by atoms with E-state index in [0.29, 0.717) is 12.8 Å². The number of ether oxygens (including phenoxy) is 1. The van der Waals surface area contributed by atoms with Gasteiger partial charge in [-0.2, -0.15) is 13.2 Å². The van der Waals surface area contributed by atoms with Crippen LogP contribution in [0.5, 0.6) is 5.75 Å². The van der Waals surface area contributed by atoms with Gasteiger partial charge in [-0.05, 0) is 24.5 Å². The number of unbranched alkanes of at least 4 members (excludes halogenated alkanes) is 9. The van der Waals surface area contributed by atoms with Crippen molar-refractivity contribution in [1.29, 1.82) is 0 Å². The number of ketones is 1. The van der Waals surface area contributed by atoms with Crippen LogP contribution in [-0.2, 0) is 4.79 Å². The molecule has 166 valence electrons. The van der Waals surface area contributed by atoms with Crippen molar-refractivity contribution in [2.45, 2.75) is 97.0 Å². The zero-order valence-corrected chi connectivity index (χ0v) is 17.6. The van der Waals surface area contributed by atoms with E-state index in [2.05, 4.69) is 18.6 Å². The summed E-state index contributed by atoms with van der Waals surface area (Å²) >= 11 is 0. The molecule has 1 aromatic carbocycles. The molecule has 0 bridgehead atoms. The monoisotopic (exact) mass is 418 g/mol. The fourth-order valence-corrected chi connectivity index (χ4v) is 3.16. The van der Waals surface area contributed by atoms with Crippen LogP contribution in [0.25, 0.3) is 0 Å². The third-order valence-corrected chi connectivity index (χ3v) is 4.91. The molecule has 2 nitrogen and oxygen atoms in total. The highest BCUT2D eigenvalue weighted by molar-refractivity contribution is 5.84. The van der Waals surface area contributed by atoms with Crippen molar-refractivity contribution < 1.29 is 27.1 Å². The predicted octanol–water partition coefficient (Wildman–Crippen LogP) is 7.84. The second-order valence-corrected chi connectivity index (χ2v) is 8.06. The summed E-state index contributed by atoms with van der Waals surface area (Å²) in [6, 6.07) is 2.69. The molecular weight excluding hydrogens is 384 g/mol. The van der Waals surface area contributed by atoms with Crippen LogP contribution in [0, 0.1) is 17.6 Å². The molecule has 0 saturated carbocycles. The molecule has 0 fully saturated rings. The number of alkyl halides is 2.